The summed E-state index contributed by atoms with van der Waals surface area (Å²) < 4.78 is 23.0. The molecule has 0 aliphatic carbocycles. The fourth-order valence-electron chi connectivity index (χ4n) is 3.43. The van der Waals surface area contributed by atoms with Crippen molar-refractivity contribution in [3.05, 3.63) is 53.7 Å². The molecule has 0 atom stereocenters. The SMILES string of the molecule is CCn1nc(-c2ccc(OC)cc2OC)cc1C(=O)NCCc1ccc(OC)c(OC)c1. The quantitative estimate of drug-likeness (QED) is 0.520. The number of amides is 1. The monoisotopic (exact) mass is 439 g/mol. The number of ether oxygens (including phenoxy) is 4. The molecule has 1 heterocycles. The van der Waals surface area contributed by atoms with Crippen LogP contribution in [0.4, 0.5) is 0 Å². The molecule has 8 heteroatoms. The van der Waals surface area contributed by atoms with Crippen molar-refractivity contribution in [2.24, 2.45) is 0 Å². The number of nitrogens with zero attached hydrogens (tertiary/aromatic N) is 2. The van der Waals surface area contributed by atoms with Crippen LogP contribution in [0.3, 0.4) is 0 Å². The summed E-state index contributed by atoms with van der Waals surface area (Å²) in [4.78, 5) is 12.9. The number of hydrogen-bond donors (Lipinski definition) is 1. The van der Waals surface area contributed by atoms with Gasteiger partial charge in [0.05, 0.1) is 34.1 Å². The first kappa shape index (κ1) is 23.0. The van der Waals surface area contributed by atoms with Gasteiger partial charge in [0.1, 0.15) is 17.2 Å². The van der Waals surface area contributed by atoms with Crippen LogP contribution in [0.1, 0.15) is 23.0 Å². The molecule has 0 unspecified atom stereocenters. The van der Waals surface area contributed by atoms with Gasteiger partial charge in [-0.15, -0.1) is 0 Å². The van der Waals surface area contributed by atoms with Crippen LogP contribution in [0.5, 0.6) is 23.0 Å². The van der Waals surface area contributed by atoms with Crippen LogP contribution in [0.15, 0.2) is 42.5 Å². The molecule has 1 N–H and O–H groups in total. The topological polar surface area (TPSA) is 83.8 Å². The minimum Gasteiger partial charge on any atom is -0.497 e. The van der Waals surface area contributed by atoms with Gasteiger partial charge in [-0.05, 0) is 49.2 Å². The van der Waals surface area contributed by atoms with Crippen molar-refractivity contribution in [2.45, 2.75) is 19.9 Å². The fourth-order valence-corrected chi connectivity index (χ4v) is 3.43. The smallest absolute Gasteiger partial charge is 0.269 e. The van der Waals surface area contributed by atoms with Gasteiger partial charge in [-0.3, -0.25) is 9.48 Å². The molecular weight excluding hydrogens is 410 g/mol. The molecular formula is C24H29N3O5. The number of rotatable bonds is 10. The molecule has 0 spiro atoms. The van der Waals surface area contributed by atoms with E-state index in [1.807, 2.05) is 37.3 Å². The molecule has 0 fully saturated rings. The van der Waals surface area contributed by atoms with E-state index < -0.39 is 0 Å². The van der Waals surface area contributed by atoms with Crippen molar-refractivity contribution in [3.63, 3.8) is 0 Å². The first-order valence-corrected chi connectivity index (χ1v) is 10.3. The average molecular weight is 440 g/mol. The Bertz CT molecular complexity index is 1080. The third-order valence-electron chi connectivity index (χ3n) is 5.14. The van der Waals surface area contributed by atoms with Crippen LogP contribution in [0, 0.1) is 0 Å². The molecule has 1 aromatic heterocycles. The number of methoxy groups -OCH3 is 4. The summed E-state index contributed by atoms with van der Waals surface area (Å²) in [6, 6.07) is 13.0. The van der Waals surface area contributed by atoms with E-state index in [1.165, 1.54) is 0 Å². The lowest BCUT2D eigenvalue weighted by molar-refractivity contribution is 0.0943. The summed E-state index contributed by atoms with van der Waals surface area (Å²) in [5.41, 5.74) is 2.99. The van der Waals surface area contributed by atoms with Gasteiger partial charge in [0, 0.05) is 24.7 Å². The average Bonchev–Trinajstić information content (AvgIpc) is 3.27. The Morgan fingerprint density at radius 2 is 1.66 bits per heavy atom. The fraction of sp³-hybridized carbons (Fsp3) is 0.333. The summed E-state index contributed by atoms with van der Waals surface area (Å²) in [5.74, 6) is 2.48. The van der Waals surface area contributed by atoms with Crippen molar-refractivity contribution in [1.82, 2.24) is 15.1 Å². The Morgan fingerprint density at radius 1 is 0.906 bits per heavy atom. The minimum atomic E-state index is -0.182. The largest absolute Gasteiger partial charge is 0.497 e. The molecule has 0 aliphatic rings. The molecule has 0 bridgehead atoms. The molecule has 0 radical (unpaired) electrons. The number of nitrogens with one attached hydrogen (secondary N) is 1. The molecule has 0 saturated carbocycles. The van der Waals surface area contributed by atoms with Gasteiger partial charge in [0.2, 0.25) is 0 Å². The number of carbonyl (C=O) groups excluding carboxylic acids is 1. The summed E-state index contributed by atoms with van der Waals surface area (Å²) in [6.07, 6.45) is 0.658. The van der Waals surface area contributed by atoms with Crippen molar-refractivity contribution < 1.29 is 23.7 Å². The standard InChI is InChI=1S/C24H29N3O5/c1-6-27-20(15-19(26-27)18-9-8-17(29-2)14-22(18)31-4)24(28)25-12-11-16-7-10-21(30-3)23(13-16)32-5/h7-10,13-15H,6,11-12H2,1-5H3,(H,25,28). The highest BCUT2D eigenvalue weighted by molar-refractivity contribution is 5.94. The normalized spacial score (nSPS) is 10.5. The Balaban J connectivity index is 1.73. The predicted molar refractivity (Wildman–Crippen MR) is 122 cm³/mol. The van der Waals surface area contributed by atoms with E-state index in [0.29, 0.717) is 53.9 Å². The lowest BCUT2D eigenvalue weighted by Gasteiger charge is -2.10. The molecule has 0 aliphatic heterocycles. The second kappa shape index (κ2) is 10.6. The van der Waals surface area contributed by atoms with Crippen molar-refractivity contribution in [1.29, 1.82) is 0 Å². The van der Waals surface area contributed by atoms with E-state index in [9.17, 15) is 4.79 Å². The van der Waals surface area contributed by atoms with E-state index in [0.717, 1.165) is 11.1 Å². The number of aryl methyl sites for hydroxylation is 1. The lowest BCUT2D eigenvalue weighted by Crippen LogP contribution is -2.28. The summed E-state index contributed by atoms with van der Waals surface area (Å²) in [7, 11) is 6.40. The second-order valence-corrected chi connectivity index (χ2v) is 6.99. The van der Waals surface area contributed by atoms with Crippen molar-refractivity contribution in [3.8, 4) is 34.3 Å². The molecule has 2 aromatic carbocycles. The van der Waals surface area contributed by atoms with E-state index in [1.54, 1.807) is 45.3 Å². The number of benzene rings is 2. The van der Waals surface area contributed by atoms with Crippen LogP contribution in [-0.2, 0) is 13.0 Å². The van der Waals surface area contributed by atoms with E-state index in [-0.39, 0.29) is 5.91 Å². The maximum atomic E-state index is 12.9. The highest BCUT2D eigenvalue weighted by Crippen LogP contribution is 2.33. The van der Waals surface area contributed by atoms with Gasteiger partial charge in [-0.2, -0.15) is 5.10 Å². The Labute approximate surface area is 188 Å². The zero-order chi connectivity index (χ0) is 23.1. The number of hydrogen-bond acceptors (Lipinski definition) is 6. The van der Waals surface area contributed by atoms with Crippen LogP contribution >= 0.6 is 0 Å². The Kier molecular flexibility index (Phi) is 7.59. The summed E-state index contributed by atoms with van der Waals surface area (Å²) >= 11 is 0. The molecule has 3 rings (SSSR count). The minimum absolute atomic E-state index is 0.182. The first-order chi connectivity index (χ1) is 15.5. The lowest BCUT2D eigenvalue weighted by atomic mass is 10.1. The zero-order valence-electron chi connectivity index (χ0n) is 19.1. The third-order valence-corrected chi connectivity index (χ3v) is 5.14. The summed E-state index contributed by atoms with van der Waals surface area (Å²) in [5, 5.41) is 7.57. The Hall–Kier alpha value is -3.68. The van der Waals surface area contributed by atoms with E-state index in [2.05, 4.69) is 10.4 Å². The van der Waals surface area contributed by atoms with E-state index in [4.69, 9.17) is 18.9 Å². The Morgan fingerprint density at radius 3 is 2.31 bits per heavy atom. The molecule has 8 nitrogen and oxygen atoms in total. The third kappa shape index (κ3) is 4.96. The zero-order valence-corrected chi connectivity index (χ0v) is 19.1. The predicted octanol–water partition coefficient (Wildman–Crippen LogP) is 3.58. The van der Waals surface area contributed by atoms with Gasteiger partial charge < -0.3 is 24.3 Å². The van der Waals surface area contributed by atoms with E-state index >= 15 is 0 Å². The van der Waals surface area contributed by atoms with Crippen LogP contribution in [0.2, 0.25) is 0 Å². The maximum Gasteiger partial charge on any atom is 0.269 e. The van der Waals surface area contributed by atoms with Gasteiger partial charge >= 0.3 is 0 Å². The van der Waals surface area contributed by atoms with Gasteiger partial charge in [0.25, 0.3) is 5.91 Å². The van der Waals surface area contributed by atoms with Gasteiger partial charge in [-0.25, -0.2) is 0 Å². The second-order valence-electron chi connectivity index (χ2n) is 6.99. The highest BCUT2D eigenvalue weighted by atomic mass is 16.5. The molecule has 3 aromatic rings. The first-order valence-electron chi connectivity index (χ1n) is 10.3. The molecule has 1 amide bonds. The van der Waals surface area contributed by atoms with Crippen LogP contribution in [-0.4, -0.2) is 50.7 Å². The number of carbonyl (C=O) groups is 1. The van der Waals surface area contributed by atoms with Crippen LogP contribution < -0.4 is 24.3 Å². The molecule has 32 heavy (non-hydrogen) atoms. The maximum absolute atomic E-state index is 12.9. The number of aromatic nitrogens is 2. The van der Waals surface area contributed by atoms with Gasteiger partial charge in [0.15, 0.2) is 11.5 Å². The summed E-state index contributed by atoms with van der Waals surface area (Å²) in [6.45, 7) is 2.99. The van der Waals surface area contributed by atoms with Gasteiger partial charge in [-0.1, -0.05) is 6.07 Å². The molecule has 170 valence electrons. The highest BCUT2D eigenvalue weighted by Gasteiger charge is 2.18. The molecule has 0 saturated heterocycles. The van der Waals surface area contributed by atoms with Crippen LogP contribution in [0.25, 0.3) is 11.3 Å². The van der Waals surface area contributed by atoms with Crippen molar-refractivity contribution in [2.75, 3.05) is 35.0 Å². The van der Waals surface area contributed by atoms with Crippen molar-refractivity contribution >= 4 is 5.91 Å².